The number of rotatable bonds is 5. The first-order chi connectivity index (χ1) is 9.31. The van der Waals surface area contributed by atoms with Crippen LogP contribution >= 0.6 is 11.3 Å². The third-order valence-electron chi connectivity index (χ3n) is 3.66. The summed E-state index contributed by atoms with van der Waals surface area (Å²) in [4.78, 5) is 7.18. The normalized spacial score (nSPS) is 17.9. The molecule has 0 bridgehead atoms. The first-order valence-electron chi connectivity index (χ1n) is 7.13. The number of hydrogen-bond donors (Lipinski definition) is 1. The lowest BCUT2D eigenvalue weighted by Crippen LogP contribution is -2.28. The maximum absolute atomic E-state index is 4.61. The Hall–Kier alpha value is -1.13. The highest BCUT2D eigenvalue weighted by molar-refractivity contribution is 7.22. The zero-order valence-corrected chi connectivity index (χ0v) is 12.2. The molecule has 1 unspecified atom stereocenters. The van der Waals surface area contributed by atoms with E-state index in [0.29, 0.717) is 5.92 Å². The first kappa shape index (κ1) is 12.9. The van der Waals surface area contributed by atoms with E-state index >= 15 is 0 Å². The summed E-state index contributed by atoms with van der Waals surface area (Å²) in [6, 6.07) is 8.32. The second-order valence-corrected chi connectivity index (χ2v) is 6.51. The van der Waals surface area contributed by atoms with Crippen molar-refractivity contribution >= 4 is 26.7 Å². The van der Waals surface area contributed by atoms with Gasteiger partial charge in [0, 0.05) is 13.1 Å². The van der Waals surface area contributed by atoms with Crippen molar-refractivity contribution in [1.82, 2.24) is 9.88 Å². The number of thiazole rings is 1. The van der Waals surface area contributed by atoms with Gasteiger partial charge in [-0.2, -0.15) is 0 Å². The molecule has 1 saturated heterocycles. The maximum Gasteiger partial charge on any atom is 0.183 e. The molecule has 2 aromatic rings. The lowest BCUT2D eigenvalue weighted by Gasteiger charge is -2.20. The molecule has 2 heterocycles. The molecule has 1 aliphatic rings. The van der Waals surface area contributed by atoms with Gasteiger partial charge in [-0.15, -0.1) is 0 Å². The molecular formula is C15H21N3S. The summed E-state index contributed by atoms with van der Waals surface area (Å²) >= 11 is 1.75. The monoisotopic (exact) mass is 275 g/mol. The fraction of sp³-hybridized carbons (Fsp3) is 0.533. The van der Waals surface area contributed by atoms with Gasteiger partial charge in [-0.25, -0.2) is 4.98 Å². The number of aromatic nitrogens is 1. The second kappa shape index (κ2) is 5.88. The number of nitrogens with one attached hydrogen (secondary N) is 1. The summed E-state index contributed by atoms with van der Waals surface area (Å²) in [5.41, 5.74) is 1.10. The van der Waals surface area contributed by atoms with Crippen LogP contribution in [0.3, 0.4) is 0 Å². The van der Waals surface area contributed by atoms with Crippen molar-refractivity contribution in [2.75, 3.05) is 31.5 Å². The van der Waals surface area contributed by atoms with E-state index in [1.165, 1.54) is 37.2 Å². The van der Waals surface area contributed by atoms with E-state index in [4.69, 9.17) is 0 Å². The van der Waals surface area contributed by atoms with Gasteiger partial charge in [-0.1, -0.05) is 30.4 Å². The van der Waals surface area contributed by atoms with Crippen LogP contribution in [0, 0.1) is 5.92 Å². The van der Waals surface area contributed by atoms with Crippen LogP contribution in [0.4, 0.5) is 5.13 Å². The van der Waals surface area contributed by atoms with E-state index in [2.05, 4.69) is 40.3 Å². The Morgan fingerprint density at radius 3 is 2.89 bits per heavy atom. The third-order valence-corrected chi connectivity index (χ3v) is 4.66. The van der Waals surface area contributed by atoms with Crippen LogP contribution in [0.5, 0.6) is 0 Å². The molecule has 0 amide bonds. The van der Waals surface area contributed by atoms with E-state index < -0.39 is 0 Å². The minimum atomic E-state index is 0.671. The maximum atomic E-state index is 4.61. The molecule has 19 heavy (non-hydrogen) atoms. The summed E-state index contributed by atoms with van der Waals surface area (Å²) in [6.07, 6.45) is 2.75. The van der Waals surface area contributed by atoms with Crippen molar-refractivity contribution in [3.05, 3.63) is 24.3 Å². The summed E-state index contributed by atoms with van der Waals surface area (Å²) in [6.45, 7) is 7.10. The van der Waals surface area contributed by atoms with Gasteiger partial charge in [-0.3, -0.25) is 0 Å². The Labute approximate surface area is 118 Å². The summed E-state index contributed by atoms with van der Waals surface area (Å²) in [5, 5.41) is 4.54. The molecular weight excluding hydrogens is 254 g/mol. The molecule has 3 rings (SSSR count). The van der Waals surface area contributed by atoms with Crippen molar-refractivity contribution < 1.29 is 0 Å². The van der Waals surface area contributed by atoms with E-state index in [-0.39, 0.29) is 0 Å². The van der Waals surface area contributed by atoms with Crippen LogP contribution in [0.25, 0.3) is 10.2 Å². The van der Waals surface area contributed by atoms with Gasteiger partial charge in [0.25, 0.3) is 0 Å². The molecule has 0 spiro atoms. The zero-order chi connectivity index (χ0) is 13.1. The van der Waals surface area contributed by atoms with Gasteiger partial charge in [0.1, 0.15) is 0 Å². The van der Waals surface area contributed by atoms with Crippen molar-refractivity contribution in [3.63, 3.8) is 0 Å². The number of fused-ring (bicyclic) bond motifs is 1. The van der Waals surface area contributed by atoms with Crippen LogP contribution in [-0.2, 0) is 0 Å². The average Bonchev–Trinajstić information content (AvgIpc) is 3.04. The first-order valence-corrected chi connectivity index (χ1v) is 7.95. The molecule has 1 fully saturated rings. The molecule has 4 heteroatoms. The van der Waals surface area contributed by atoms with E-state index in [0.717, 1.165) is 17.2 Å². The summed E-state index contributed by atoms with van der Waals surface area (Å²) in [5.74, 6) is 0.671. The van der Waals surface area contributed by atoms with E-state index in [1.807, 2.05) is 6.07 Å². The molecule has 1 aliphatic heterocycles. The number of para-hydroxylation sites is 1. The minimum absolute atomic E-state index is 0.671. The van der Waals surface area contributed by atoms with Gasteiger partial charge in [0.15, 0.2) is 5.13 Å². The molecule has 0 saturated carbocycles. The second-order valence-electron chi connectivity index (χ2n) is 5.48. The molecule has 3 nitrogen and oxygen atoms in total. The van der Waals surface area contributed by atoms with Crippen molar-refractivity contribution in [3.8, 4) is 0 Å². The van der Waals surface area contributed by atoms with Crippen LogP contribution in [-0.4, -0.2) is 36.1 Å². The number of benzene rings is 1. The summed E-state index contributed by atoms with van der Waals surface area (Å²) in [7, 11) is 0. The molecule has 0 radical (unpaired) electrons. The Balaban J connectivity index is 1.53. The Kier molecular flexibility index (Phi) is 3.99. The average molecular weight is 275 g/mol. The van der Waals surface area contributed by atoms with Gasteiger partial charge in [0.05, 0.1) is 10.2 Å². The van der Waals surface area contributed by atoms with Crippen LogP contribution in [0.2, 0.25) is 0 Å². The van der Waals surface area contributed by atoms with E-state index in [9.17, 15) is 0 Å². The zero-order valence-electron chi connectivity index (χ0n) is 11.4. The van der Waals surface area contributed by atoms with Gasteiger partial charge < -0.3 is 10.2 Å². The number of hydrogen-bond acceptors (Lipinski definition) is 4. The highest BCUT2D eigenvalue weighted by Crippen LogP contribution is 2.25. The topological polar surface area (TPSA) is 28.2 Å². The van der Waals surface area contributed by atoms with Crippen molar-refractivity contribution in [2.45, 2.75) is 19.8 Å². The minimum Gasteiger partial charge on any atom is -0.361 e. The van der Waals surface area contributed by atoms with E-state index in [1.54, 1.807) is 11.3 Å². The predicted molar refractivity (Wildman–Crippen MR) is 82.9 cm³/mol. The predicted octanol–water partition coefficient (Wildman–Crippen LogP) is 3.44. The highest BCUT2D eigenvalue weighted by atomic mass is 32.1. The lowest BCUT2D eigenvalue weighted by atomic mass is 10.2. The van der Waals surface area contributed by atoms with Gasteiger partial charge >= 0.3 is 0 Å². The van der Waals surface area contributed by atoms with Crippen LogP contribution in [0.1, 0.15) is 19.8 Å². The lowest BCUT2D eigenvalue weighted by molar-refractivity contribution is 0.294. The molecule has 102 valence electrons. The standard InChI is InChI=1S/C15H21N3S/c1-12(11-18-8-4-5-9-18)10-16-15-17-13-6-2-3-7-14(13)19-15/h2-3,6-7,12H,4-5,8-11H2,1H3,(H,16,17). The molecule has 1 aromatic carbocycles. The number of anilines is 1. The quantitative estimate of drug-likeness (QED) is 0.906. The molecule has 0 aliphatic carbocycles. The Bertz CT molecular complexity index is 498. The smallest absolute Gasteiger partial charge is 0.183 e. The Morgan fingerprint density at radius 1 is 1.32 bits per heavy atom. The highest BCUT2D eigenvalue weighted by Gasteiger charge is 2.14. The SMILES string of the molecule is CC(CNc1nc2ccccc2s1)CN1CCCC1. The molecule has 1 aromatic heterocycles. The van der Waals surface area contributed by atoms with Crippen LogP contribution in [0.15, 0.2) is 24.3 Å². The molecule has 1 atom stereocenters. The van der Waals surface area contributed by atoms with Gasteiger partial charge in [-0.05, 0) is 44.0 Å². The Morgan fingerprint density at radius 2 is 2.11 bits per heavy atom. The van der Waals surface area contributed by atoms with Crippen molar-refractivity contribution in [2.24, 2.45) is 5.92 Å². The fourth-order valence-electron chi connectivity index (χ4n) is 2.68. The van der Waals surface area contributed by atoms with Crippen molar-refractivity contribution in [1.29, 1.82) is 0 Å². The van der Waals surface area contributed by atoms with Gasteiger partial charge in [0.2, 0.25) is 0 Å². The number of likely N-dealkylation sites (tertiary alicyclic amines) is 1. The number of nitrogens with zero attached hydrogens (tertiary/aromatic N) is 2. The summed E-state index contributed by atoms with van der Waals surface area (Å²) < 4.78 is 1.26. The fourth-order valence-corrected chi connectivity index (χ4v) is 3.55. The third kappa shape index (κ3) is 3.25. The largest absolute Gasteiger partial charge is 0.361 e. The van der Waals surface area contributed by atoms with Crippen LogP contribution < -0.4 is 5.32 Å². The molecule has 1 N–H and O–H groups in total.